The van der Waals surface area contributed by atoms with E-state index in [0.717, 1.165) is 0 Å². The minimum Gasteiger partial charge on any atom is -0.493 e. The summed E-state index contributed by atoms with van der Waals surface area (Å²) < 4.78 is 15.6. The average molecular weight is 443 g/mol. The molecule has 1 N–H and O–H groups in total. The SMILES string of the molecule is COc1cc(C(=O)NCC2CCN(C(=O)Oc3ccccc3)CC2)c([N+](=O)[O-])cc1OC. The van der Waals surface area contributed by atoms with E-state index in [-0.39, 0.29) is 28.7 Å². The first-order valence-electron chi connectivity index (χ1n) is 10.1. The summed E-state index contributed by atoms with van der Waals surface area (Å²) in [7, 11) is 2.76. The lowest BCUT2D eigenvalue weighted by molar-refractivity contribution is -0.385. The minimum atomic E-state index is -0.631. The van der Waals surface area contributed by atoms with Crippen molar-refractivity contribution in [1.82, 2.24) is 10.2 Å². The number of likely N-dealkylation sites (tertiary alicyclic amines) is 1. The normalized spacial score (nSPS) is 13.9. The van der Waals surface area contributed by atoms with E-state index in [1.54, 1.807) is 29.2 Å². The first-order valence-corrected chi connectivity index (χ1v) is 10.1. The van der Waals surface area contributed by atoms with Crippen LogP contribution in [-0.4, -0.2) is 55.7 Å². The van der Waals surface area contributed by atoms with Crippen LogP contribution in [0.2, 0.25) is 0 Å². The molecule has 2 aromatic rings. The van der Waals surface area contributed by atoms with Crippen LogP contribution in [0.15, 0.2) is 42.5 Å². The van der Waals surface area contributed by atoms with Crippen molar-refractivity contribution in [3.63, 3.8) is 0 Å². The van der Waals surface area contributed by atoms with E-state index >= 15 is 0 Å². The number of nitrogens with one attached hydrogen (secondary N) is 1. The van der Waals surface area contributed by atoms with Gasteiger partial charge in [-0.1, -0.05) is 18.2 Å². The highest BCUT2D eigenvalue weighted by Gasteiger charge is 2.27. The Kier molecular flexibility index (Phi) is 7.48. The van der Waals surface area contributed by atoms with E-state index in [0.29, 0.717) is 38.2 Å². The van der Waals surface area contributed by atoms with Crippen LogP contribution in [0.25, 0.3) is 0 Å². The standard InChI is InChI=1S/C22H25N3O7/c1-30-19-12-17(18(25(28)29)13-20(19)31-2)21(26)23-14-15-8-10-24(11-9-15)22(27)32-16-6-4-3-5-7-16/h3-7,12-13,15H,8-11,14H2,1-2H3,(H,23,26). The van der Waals surface area contributed by atoms with Crippen LogP contribution in [0.3, 0.4) is 0 Å². The number of carbonyl (C=O) groups is 2. The molecule has 10 heteroatoms. The summed E-state index contributed by atoms with van der Waals surface area (Å²) in [5.41, 5.74) is -0.463. The molecule has 1 saturated heterocycles. The van der Waals surface area contributed by atoms with E-state index in [2.05, 4.69) is 5.32 Å². The second-order valence-corrected chi connectivity index (χ2v) is 7.30. The number of benzene rings is 2. The molecule has 3 rings (SSSR count). The number of methoxy groups -OCH3 is 2. The van der Waals surface area contributed by atoms with Gasteiger partial charge in [-0.25, -0.2) is 4.79 Å². The molecule has 1 aliphatic heterocycles. The van der Waals surface area contributed by atoms with Crippen LogP contribution in [0, 0.1) is 16.0 Å². The zero-order valence-electron chi connectivity index (χ0n) is 17.9. The molecule has 1 heterocycles. The minimum absolute atomic E-state index is 0.100. The number of hydrogen-bond donors (Lipinski definition) is 1. The van der Waals surface area contributed by atoms with E-state index < -0.39 is 16.9 Å². The molecule has 2 amide bonds. The van der Waals surface area contributed by atoms with Gasteiger partial charge in [0.25, 0.3) is 11.6 Å². The molecule has 0 saturated carbocycles. The Morgan fingerprint density at radius 2 is 1.72 bits per heavy atom. The molecule has 0 aliphatic carbocycles. The Balaban J connectivity index is 1.55. The van der Waals surface area contributed by atoms with Crippen molar-refractivity contribution in [3.05, 3.63) is 58.1 Å². The van der Waals surface area contributed by atoms with Gasteiger partial charge in [0.15, 0.2) is 11.5 Å². The predicted octanol–water partition coefficient (Wildman–Crippen LogP) is 3.25. The molecule has 32 heavy (non-hydrogen) atoms. The molecule has 1 fully saturated rings. The summed E-state index contributed by atoms with van der Waals surface area (Å²) in [6.45, 7) is 1.34. The van der Waals surface area contributed by atoms with Crippen molar-refractivity contribution in [1.29, 1.82) is 0 Å². The van der Waals surface area contributed by atoms with Crippen molar-refractivity contribution in [2.24, 2.45) is 5.92 Å². The van der Waals surface area contributed by atoms with Gasteiger partial charge in [0, 0.05) is 25.7 Å². The van der Waals surface area contributed by atoms with Crippen LogP contribution in [0.4, 0.5) is 10.5 Å². The van der Waals surface area contributed by atoms with E-state index in [9.17, 15) is 19.7 Å². The van der Waals surface area contributed by atoms with Gasteiger partial charge in [0.2, 0.25) is 0 Å². The molecule has 0 atom stereocenters. The number of nitrogens with zero attached hydrogens (tertiary/aromatic N) is 2. The lowest BCUT2D eigenvalue weighted by atomic mass is 9.97. The Morgan fingerprint density at radius 3 is 2.31 bits per heavy atom. The number of nitro groups is 1. The van der Waals surface area contributed by atoms with E-state index in [1.165, 1.54) is 26.4 Å². The number of rotatable bonds is 7. The fourth-order valence-corrected chi connectivity index (χ4v) is 3.51. The maximum atomic E-state index is 12.7. The maximum Gasteiger partial charge on any atom is 0.415 e. The molecule has 10 nitrogen and oxygen atoms in total. The van der Waals surface area contributed by atoms with Gasteiger partial charge in [-0.05, 0) is 30.9 Å². The Morgan fingerprint density at radius 1 is 1.09 bits per heavy atom. The van der Waals surface area contributed by atoms with Crippen LogP contribution in [0.1, 0.15) is 23.2 Å². The summed E-state index contributed by atoms with van der Waals surface area (Å²) in [5.74, 6) is 0.463. The van der Waals surface area contributed by atoms with Crippen molar-refractivity contribution >= 4 is 17.7 Å². The van der Waals surface area contributed by atoms with Crippen LogP contribution >= 0.6 is 0 Å². The summed E-state index contributed by atoms with van der Waals surface area (Å²) >= 11 is 0. The highest BCUT2D eigenvalue weighted by Crippen LogP contribution is 2.34. The zero-order chi connectivity index (χ0) is 23.1. The topological polar surface area (TPSA) is 120 Å². The molecular formula is C22H25N3O7. The maximum absolute atomic E-state index is 12.7. The second kappa shape index (κ2) is 10.5. The second-order valence-electron chi connectivity index (χ2n) is 7.30. The van der Waals surface area contributed by atoms with Crippen LogP contribution < -0.4 is 19.5 Å². The molecule has 170 valence electrons. The zero-order valence-corrected chi connectivity index (χ0v) is 17.9. The molecule has 0 radical (unpaired) electrons. The van der Waals surface area contributed by atoms with Crippen molar-refractivity contribution < 1.29 is 28.7 Å². The van der Waals surface area contributed by atoms with Gasteiger partial charge in [0.1, 0.15) is 11.3 Å². The van der Waals surface area contributed by atoms with Crippen molar-refractivity contribution in [2.75, 3.05) is 33.9 Å². The smallest absolute Gasteiger partial charge is 0.415 e. The lowest BCUT2D eigenvalue weighted by Crippen LogP contribution is -2.42. The highest BCUT2D eigenvalue weighted by molar-refractivity contribution is 5.99. The third kappa shape index (κ3) is 5.45. The number of carbonyl (C=O) groups excluding carboxylic acids is 2. The van der Waals surface area contributed by atoms with Gasteiger partial charge >= 0.3 is 6.09 Å². The van der Waals surface area contributed by atoms with E-state index in [4.69, 9.17) is 14.2 Å². The molecule has 1 aliphatic rings. The fourth-order valence-electron chi connectivity index (χ4n) is 3.51. The average Bonchev–Trinajstić information content (AvgIpc) is 2.82. The van der Waals surface area contributed by atoms with Crippen molar-refractivity contribution in [3.8, 4) is 17.2 Å². The largest absolute Gasteiger partial charge is 0.493 e. The lowest BCUT2D eigenvalue weighted by Gasteiger charge is -2.31. The summed E-state index contributed by atoms with van der Waals surface area (Å²) in [4.78, 5) is 37.4. The quantitative estimate of drug-likeness (QED) is 0.515. The molecule has 0 bridgehead atoms. The summed E-state index contributed by atoms with van der Waals surface area (Å²) in [6, 6.07) is 11.3. The molecule has 2 aromatic carbocycles. The predicted molar refractivity (Wildman–Crippen MR) is 115 cm³/mol. The number of amides is 2. The molecule has 0 unspecified atom stereocenters. The Labute approximate surface area is 185 Å². The van der Waals surface area contributed by atoms with Crippen LogP contribution in [0.5, 0.6) is 17.2 Å². The first-order chi connectivity index (χ1) is 15.4. The van der Waals surface area contributed by atoms with Crippen LogP contribution in [-0.2, 0) is 0 Å². The summed E-state index contributed by atoms with van der Waals surface area (Å²) in [6.07, 6.45) is 0.954. The molecular weight excluding hydrogens is 418 g/mol. The van der Waals surface area contributed by atoms with Gasteiger partial charge in [-0.15, -0.1) is 0 Å². The number of hydrogen-bond acceptors (Lipinski definition) is 7. The Hall–Kier alpha value is -3.82. The summed E-state index contributed by atoms with van der Waals surface area (Å²) in [5, 5.41) is 14.2. The monoisotopic (exact) mass is 443 g/mol. The number of nitro benzene ring substituents is 1. The van der Waals surface area contributed by atoms with Gasteiger partial charge in [-0.3, -0.25) is 14.9 Å². The third-order valence-electron chi connectivity index (χ3n) is 5.32. The number of para-hydroxylation sites is 1. The first kappa shape index (κ1) is 22.9. The molecule has 0 spiro atoms. The third-order valence-corrected chi connectivity index (χ3v) is 5.32. The Bertz CT molecular complexity index is 973. The highest BCUT2D eigenvalue weighted by atomic mass is 16.6. The van der Waals surface area contributed by atoms with E-state index in [1.807, 2.05) is 6.07 Å². The van der Waals surface area contributed by atoms with Gasteiger partial charge < -0.3 is 24.4 Å². The van der Waals surface area contributed by atoms with Gasteiger partial charge in [0.05, 0.1) is 25.2 Å². The van der Waals surface area contributed by atoms with Crippen molar-refractivity contribution in [2.45, 2.75) is 12.8 Å². The fraction of sp³-hybridized carbons (Fsp3) is 0.364. The van der Waals surface area contributed by atoms with Gasteiger partial charge in [-0.2, -0.15) is 0 Å². The molecule has 0 aromatic heterocycles. The number of ether oxygens (including phenoxy) is 3. The number of piperidine rings is 1.